The summed E-state index contributed by atoms with van der Waals surface area (Å²) in [7, 11) is 1.89. The summed E-state index contributed by atoms with van der Waals surface area (Å²) in [5, 5.41) is 2.74. The third kappa shape index (κ3) is 3.08. The Hall–Kier alpha value is -2.04. The van der Waals surface area contributed by atoms with Gasteiger partial charge in [-0.25, -0.2) is 0 Å². The molecule has 0 spiro atoms. The van der Waals surface area contributed by atoms with Crippen molar-refractivity contribution in [2.45, 2.75) is 44.6 Å². The Kier molecular flexibility index (Phi) is 4.32. The second kappa shape index (κ2) is 6.38. The third-order valence-corrected chi connectivity index (χ3v) is 4.55. The molecule has 1 aromatic carbocycles. The second-order valence-electron chi connectivity index (χ2n) is 6.11. The Morgan fingerprint density at radius 2 is 1.95 bits per heavy atom. The first-order valence-electron chi connectivity index (χ1n) is 7.99. The van der Waals surface area contributed by atoms with Crippen molar-refractivity contribution in [3.63, 3.8) is 0 Å². The van der Waals surface area contributed by atoms with Gasteiger partial charge in [-0.2, -0.15) is 0 Å². The van der Waals surface area contributed by atoms with Crippen molar-refractivity contribution in [1.29, 1.82) is 0 Å². The van der Waals surface area contributed by atoms with Crippen molar-refractivity contribution in [1.82, 2.24) is 4.90 Å². The first kappa shape index (κ1) is 14.9. The first-order chi connectivity index (χ1) is 10.6. The van der Waals surface area contributed by atoms with Crippen LogP contribution in [0.4, 0.5) is 5.69 Å². The Morgan fingerprint density at radius 1 is 1.23 bits per heavy atom. The lowest BCUT2D eigenvalue weighted by molar-refractivity contribution is -0.118. The highest BCUT2D eigenvalue weighted by Gasteiger charge is 2.24. The van der Waals surface area contributed by atoms with Crippen molar-refractivity contribution in [2.24, 2.45) is 0 Å². The molecule has 1 aromatic rings. The standard InChI is InChI=1S/C17H22N2O3/c1-19(13-6-4-2-3-5-7-13)17(21)12-8-9-14-15(10-12)22-11-16(20)18-14/h8-10,13H,2-7,11H2,1H3,(H,18,20). The summed E-state index contributed by atoms with van der Waals surface area (Å²) in [6, 6.07) is 5.54. The number of amides is 2. The summed E-state index contributed by atoms with van der Waals surface area (Å²) in [6.07, 6.45) is 7.10. The smallest absolute Gasteiger partial charge is 0.262 e. The molecule has 1 heterocycles. The van der Waals surface area contributed by atoms with Crippen molar-refractivity contribution >= 4 is 17.5 Å². The first-order valence-corrected chi connectivity index (χ1v) is 7.99. The molecule has 1 aliphatic carbocycles. The lowest BCUT2D eigenvalue weighted by atomic mass is 10.1. The Bertz CT molecular complexity index is 577. The highest BCUT2D eigenvalue weighted by atomic mass is 16.5. The maximum atomic E-state index is 12.7. The van der Waals surface area contributed by atoms with Gasteiger partial charge in [-0.05, 0) is 31.0 Å². The van der Waals surface area contributed by atoms with Crippen LogP contribution in [0.15, 0.2) is 18.2 Å². The number of fused-ring (bicyclic) bond motifs is 1. The molecule has 0 atom stereocenters. The Labute approximate surface area is 130 Å². The van der Waals surface area contributed by atoms with E-state index in [0.717, 1.165) is 12.8 Å². The van der Waals surface area contributed by atoms with Crippen LogP contribution < -0.4 is 10.1 Å². The summed E-state index contributed by atoms with van der Waals surface area (Å²) < 4.78 is 5.39. The predicted octanol–water partition coefficient (Wildman–Crippen LogP) is 2.81. The number of anilines is 1. The van der Waals surface area contributed by atoms with Gasteiger partial charge >= 0.3 is 0 Å². The minimum Gasteiger partial charge on any atom is -0.482 e. The highest BCUT2D eigenvalue weighted by molar-refractivity contribution is 5.99. The number of carbonyl (C=O) groups excluding carboxylic acids is 2. The van der Waals surface area contributed by atoms with Crippen molar-refractivity contribution in [3.05, 3.63) is 23.8 Å². The molecule has 0 unspecified atom stereocenters. The van der Waals surface area contributed by atoms with Crippen LogP contribution in [0, 0.1) is 0 Å². The minimum absolute atomic E-state index is 0.00308. The van der Waals surface area contributed by atoms with Gasteiger partial charge in [0.1, 0.15) is 5.75 Å². The summed E-state index contributed by atoms with van der Waals surface area (Å²) >= 11 is 0. The fourth-order valence-corrected chi connectivity index (χ4v) is 3.22. The molecule has 5 heteroatoms. The molecule has 0 radical (unpaired) electrons. The molecular formula is C17H22N2O3. The monoisotopic (exact) mass is 302 g/mol. The number of carbonyl (C=O) groups is 2. The van der Waals surface area contributed by atoms with Crippen LogP contribution in [0.2, 0.25) is 0 Å². The van der Waals surface area contributed by atoms with Crippen LogP contribution in [-0.4, -0.2) is 36.4 Å². The van der Waals surface area contributed by atoms with Gasteiger partial charge in [-0.1, -0.05) is 25.7 Å². The molecule has 0 saturated heterocycles. The Balaban J connectivity index is 1.75. The lowest BCUT2D eigenvalue weighted by Gasteiger charge is -2.28. The molecule has 1 fully saturated rings. The van der Waals surface area contributed by atoms with Gasteiger partial charge in [-0.15, -0.1) is 0 Å². The average Bonchev–Trinajstić information content (AvgIpc) is 2.82. The largest absolute Gasteiger partial charge is 0.482 e. The average molecular weight is 302 g/mol. The van der Waals surface area contributed by atoms with Crippen molar-refractivity contribution in [2.75, 3.05) is 19.0 Å². The van der Waals surface area contributed by atoms with Gasteiger partial charge in [0.2, 0.25) is 0 Å². The van der Waals surface area contributed by atoms with Crippen LogP contribution in [0.25, 0.3) is 0 Å². The zero-order valence-corrected chi connectivity index (χ0v) is 12.9. The van der Waals surface area contributed by atoms with Gasteiger partial charge in [0.05, 0.1) is 5.69 Å². The van der Waals surface area contributed by atoms with E-state index in [2.05, 4.69) is 5.32 Å². The van der Waals surface area contributed by atoms with E-state index >= 15 is 0 Å². The molecule has 1 N–H and O–H groups in total. The molecule has 1 saturated carbocycles. The van der Waals surface area contributed by atoms with E-state index in [1.54, 1.807) is 18.2 Å². The third-order valence-electron chi connectivity index (χ3n) is 4.55. The van der Waals surface area contributed by atoms with E-state index < -0.39 is 0 Å². The molecule has 1 aliphatic heterocycles. The van der Waals surface area contributed by atoms with E-state index in [-0.39, 0.29) is 18.4 Å². The summed E-state index contributed by atoms with van der Waals surface area (Å²) in [5.74, 6) is 0.428. The normalized spacial score (nSPS) is 18.7. The summed E-state index contributed by atoms with van der Waals surface area (Å²) in [5.41, 5.74) is 1.24. The van der Waals surface area contributed by atoms with Gasteiger partial charge in [0, 0.05) is 18.7 Å². The fraction of sp³-hybridized carbons (Fsp3) is 0.529. The number of nitrogens with zero attached hydrogens (tertiary/aromatic N) is 1. The number of benzene rings is 1. The van der Waals surface area contributed by atoms with E-state index in [0.29, 0.717) is 23.0 Å². The molecule has 0 aromatic heterocycles. The molecular weight excluding hydrogens is 280 g/mol. The highest BCUT2D eigenvalue weighted by Crippen LogP contribution is 2.29. The maximum Gasteiger partial charge on any atom is 0.262 e. The molecule has 2 amide bonds. The van der Waals surface area contributed by atoms with E-state index in [1.165, 1.54) is 25.7 Å². The van der Waals surface area contributed by atoms with E-state index in [9.17, 15) is 9.59 Å². The van der Waals surface area contributed by atoms with Gasteiger partial charge in [-0.3, -0.25) is 9.59 Å². The van der Waals surface area contributed by atoms with Crippen molar-refractivity contribution in [3.8, 4) is 5.75 Å². The van der Waals surface area contributed by atoms with E-state index in [4.69, 9.17) is 4.74 Å². The summed E-state index contributed by atoms with van der Waals surface area (Å²) in [6.45, 7) is 0.00308. The SMILES string of the molecule is CN(C(=O)c1ccc2c(c1)OCC(=O)N2)C1CCCCCC1. The number of rotatable bonds is 2. The van der Waals surface area contributed by atoms with Crippen LogP contribution in [0.3, 0.4) is 0 Å². The fourth-order valence-electron chi connectivity index (χ4n) is 3.22. The molecule has 5 nitrogen and oxygen atoms in total. The number of nitrogens with one attached hydrogen (secondary N) is 1. The van der Waals surface area contributed by atoms with Gasteiger partial charge in [0.25, 0.3) is 11.8 Å². The number of ether oxygens (including phenoxy) is 1. The zero-order valence-electron chi connectivity index (χ0n) is 12.9. The van der Waals surface area contributed by atoms with Crippen molar-refractivity contribution < 1.29 is 14.3 Å². The van der Waals surface area contributed by atoms with Gasteiger partial charge < -0.3 is 15.0 Å². The second-order valence-corrected chi connectivity index (χ2v) is 6.11. The number of hydrogen-bond donors (Lipinski definition) is 1. The molecule has 118 valence electrons. The van der Waals surface area contributed by atoms with Crippen LogP contribution in [0.5, 0.6) is 5.75 Å². The Morgan fingerprint density at radius 3 is 2.68 bits per heavy atom. The maximum absolute atomic E-state index is 12.7. The molecule has 3 rings (SSSR count). The van der Waals surface area contributed by atoms with Gasteiger partial charge in [0.15, 0.2) is 6.61 Å². The topological polar surface area (TPSA) is 58.6 Å². The molecule has 0 bridgehead atoms. The quantitative estimate of drug-likeness (QED) is 0.855. The van der Waals surface area contributed by atoms with Crippen LogP contribution in [-0.2, 0) is 4.79 Å². The molecule has 22 heavy (non-hydrogen) atoms. The zero-order chi connectivity index (χ0) is 15.5. The number of hydrogen-bond acceptors (Lipinski definition) is 3. The lowest BCUT2D eigenvalue weighted by Crippen LogP contribution is -2.36. The van der Waals surface area contributed by atoms with E-state index in [1.807, 2.05) is 11.9 Å². The predicted molar refractivity (Wildman–Crippen MR) is 84.2 cm³/mol. The van der Waals surface area contributed by atoms with Crippen LogP contribution >= 0.6 is 0 Å². The van der Waals surface area contributed by atoms with Crippen LogP contribution in [0.1, 0.15) is 48.9 Å². The minimum atomic E-state index is -0.165. The molecule has 2 aliphatic rings. The summed E-state index contributed by atoms with van der Waals surface area (Å²) in [4.78, 5) is 25.8.